The molecular formula is C14H18ClN3O3. The van der Waals surface area contributed by atoms with E-state index in [0.717, 1.165) is 32.1 Å². The van der Waals surface area contributed by atoms with Gasteiger partial charge in [-0.15, -0.1) is 0 Å². The fourth-order valence-electron chi connectivity index (χ4n) is 2.85. The van der Waals surface area contributed by atoms with Crippen LogP contribution >= 0.6 is 11.6 Å². The van der Waals surface area contributed by atoms with Crippen LogP contribution in [0.5, 0.6) is 0 Å². The fourth-order valence-corrected chi connectivity index (χ4v) is 3.00. The predicted octanol–water partition coefficient (Wildman–Crippen LogP) is 2.29. The molecule has 21 heavy (non-hydrogen) atoms. The summed E-state index contributed by atoms with van der Waals surface area (Å²) in [7, 11) is 0. The van der Waals surface area contributed by atoms with Gasteiger partial charge in [-0.2, -0.15) is 0 Å². The van der Waals surface area contributed by atoms with Gasteiger partial charge < -0.3 is 10.4 Å². The minimum atomic E-state index is -0.825. The van der Waals surface area contributed by atoms with Crippen molar-refractivity contribution in [3.8, 4) is 0 Å². The van der Waals surface area contributed by atoms with Crippen molar-refractivity contribution in [2.45, 2.75) is 38.5 Å². The average Bonchev–Trinajstić information content (AvgIpc) is 2.45. The maximum absolute atomic E-state index is 12.0. The van der Waals surface area contributed by atoms with Gasteiger partial charge >= 0.3 is 5.97 Å². The minimum absolute atomic E-state index is 0.0779. The first-order valence-electron chi connectivity index (χ1n) is 6.98. The van der Waals surface area contributed by atoms with Crippen LogP contribution in [0.3, 0.4) is 0 Å². The number of aliphatic carboxylic acids is 1. The number of hydrogen-bond acceptors (Lipinski definition) is 4. The number of rotatable bonds is 5. The van der Waals surface area contributed by atoms with Gasteiger partial charge in [0.15, 0.2) is 0 Å². The highest BCUT2D eigenvalue weighted by molar-refractivity contribution is 6.29. The molecule has 1 aromatic rings. The van der Waals surface area contributed by atoms with Crippen molar-refractivity contribution in [3.63, 3.8) is 0 Å². The van der Waals surface area contributed by atoms with E-state index in [1.807, 2.05) is 0 Å². The highest BCUT2D eigenvalue weighted by Crippen LogP contribution is 2.38. The summed E-state index contributed by atoms with van der Waals surface area (Å²) in [4.78, 5) is 30.8. The third-order valence-corrected chi connectivity index (χ3v) is 4.08. The Hall–Kier alpha value is -1.69. The van der Waals surface area contributed by atoms with Crippen molar-refractivity contribution in [2.24, 2.45) is 5.41 Å². The molecule has 0 aliphatic heterocycles. The Bertz CT molecular complexity index is 530. The van der Waals surface area contributed by atoms with Gasteiger partial charge in [-0.25, -0.2) is 4.98 Å². The van der Waals surface area contributed by atoms with E-state index in [0.29, 0.717) is 6.54 Å². The van der Waals surface area contributed by atoms with Crippen LogP contribution in [-0.4, -0.2) is 33.5 Å². The normalized spacial score (nSPS) is 17.2. The molecule has 1 aliphatic carbocycles. The molecule has 0 unspecified atom stereocenters. The Labute approximate surface area is 127 Å². The molecule has 0 aromatic carbocycles. The summed E-state index contributed by atoms with van der Waals surface area (Å²) >= 11 is 5.70. The smallest absolute Gasteiger partial charge is 0.303 e. The number of carbonyl (C=O) groups excluding carboxylic acids is 1. The SMILES string of the molecule is O=C(O)CC1(CNC(=O)c2cncc(Cl)n2)CCCCC1. The van der Waals surface area contributed by atoms with E-state index in [4.69, 9.17) is 16.7 Å². The molecule has 0 atom stereocenters. The van der Waals surface area contributed by atoms with Gasteiger partial charge in [0.05, 0.1) is 18.8 Å². The van der Waals surface area contributed by atoms with Crippen molar-refractivity contribution in [2.75, 3.05) is 6.54 Å². The Morgan fingerprint density at radius 2 is 2.00 bits per heavy atom. The number of nitrogens with zero attached hydrogens (tertiary/aromatic N) is 2. The molecular weight excluding hydrogens is 294 g/mol. The number of nitrogens with one attached hydrogen (secondary N) is 1. The van der Waals surface area contributed by atoms with Crippen LogP contribution in [-0.2, 0) is 4.79 Å². The van der Waals surface area contributed by atoms with Crippen LogP contribution in [0.15, 0.2) is 12.4 Å². The van der Waals surface area contributed by atoms with Crippen LogP contribution in [0.25, 0.3) is 0 Å². The van der Waals surface area contributed by atoms with E-state index >= 15 is 0 Å². The van der Waals surface area contributed by atoms with Gasteiger partial charge in [0.25, 0.3) is 5.91 Å². The summed E-state index contributed by atoms with van der Waals surface area (Å²) in [6.45, 7) is 0.340. The molecule has 114 valence electrons. The van der Waals surface area contributed by atoms with E-state index < -0.39 is 5.97 Å². The molecule has 1 aliphatic rings. The van der Waals surface area contributed by atoms with Crippen molar-refractivity contribution >= 4 is 23.5 Å². The second-order valence-corrected chi connectivity index (χ2v) is 5.93. The molecule has 0 spiro atoms. The summed E-state index contributed by atoms with van der Waals surface area (Å²) in [5.41, 5.74) is -0.213. The largest absolute Gasteiger partial charge is 0.481 e. The fraction of sp³-hybridized carbons (Fsp3) is 0.571. The van der Waals surface area contributed by atoms with Crippen LogP contribution < -0.4 is 5.32 Å². The number of aromatic nitrogens is 2. The summed E-state index contributed by atoms with van der Waals surface area (Å²) in [5, 5.41) is 12.0. The van der Waals surface area contributed by atoms with Crippen molar-refractivity contribution in [1.82, 2.24) is 15.3 Å². The number of carboxylic acid groups (broad SMARTS) is 1. The minimum Gasteiger partial charge on any atom is -0.481 e. The first kappa shape index (κ1) is 15.7. The van der Waals surface area contributed by atoms with Crippen LogP contribution in [0.4, 0.5) is 0 Å². The second-order valence-electron chi connectivity index (χ2n) is 5.54. The van der Waals surface area contributed by atoms with Gasteiger partial charge in [-0.05, 0) is 18.3 Å². The van der Waals surface area contributed by atoms with E-state index in [-0.39, 0.29) is 28.6 Å². The van der Waals surface area contributed by atoms with E-state index in [1.165, 1.54) is 12.4 Å². The third kappa shape index (κ3) is 4.39. The standard InChI is InChI=1S/C14H18ClN3O3/c15-11-8-16-7-10(18-11)13(21)17-9-14(6-12(19)20)4-2-1-3-5-14/h7-8H,1-6,9H2,(H,17,21)(H,19,20). The van der Waals surface area contributed by atoms with Crippen LogP contribution in [0.2, 0.25) is 5.15 Å². The number of amides is 1. The molecule has 0 saturated heterocycles. The van der Waals surface area contributed by atoms with Gasteiger partial charge in [0.2, 0.25) is 0 Å². The van der Waals surface area contributed by atoms with E-state index in [2.05, 4.69) is 15.3 Å². The number of carbonyl (C=O) groups is 2. The van der Waals surface area contributed by atoms with E-state index in [1.54, 1.807) is 0 Å². The highest BCUT2D eigenvalue weighted by atomic mass is 35.5. The van der Waals surface area contributed by atoms with Gasteiger partial charge in [0.1, 0.15) is 10.8 Å². The predicted molar refractivity (Wildman–Crippen MR) is 77.1 cm³/mol. The molecule has 6 nitrogen and oxygen atoms in total. The summed E-state index contributed by atoms with van der Waals surface area (Å²) in [6, 6.07) is 0. The van der Waals surface area contributed by atoms with Crippen molar-refractivity contribution < 1.29 is 14.7 Å². The molecule has 2 N–H and O–H groups in total. The molecule has 1 aromatic heterocycles. The molecule has 1 saturated carbocycles. The van der Waals surface area contributed by atoms with Crippen molar-refractivity contribution in [1.29, 1.82) is 0 Å². The number of halogens is 1. The first-order valence-corrected chi connectivity index (χ1v) is 7.36. The summed E-state index contributed by atoms with van der Waals surface area (Å²) < 4.78 is 0. The summed E-state index contributed by atoms with van der Waals surface area (Å²) in [5.74, 6) is -1.20. The highest BCUT2D eigenvalue weighted by Gasteiger charge is 2.34. The molecule has 1 amide bonds. The van der Waals surface area contributed by atoms with Crippen molar-refractivity contribution in [3.05, 3.63) is 23.2 Å². The number of carboxylic acids is 1. The lowest BCUT2D eigenvalue weighted by Crippen LogP contribution is -2.40. The zero-order chi connectivity index (χ0) is 15.3. The third-order valence-electron chi connectivity index (χ3n) is 3.90. The lowest BCUT2D eigenvalue weighted by atomic mass is 9.71. The lowest BCUT2D eigenvalue weighted by Gasteiger charge is -2.36. The summed E-state index contributed by atoms with van der Waals surface area (Å²) in [6.07, 6.45) is 7.53. The van der Waals surface area contributed by atoms with Crippen LogP contribution in [0, 0.1) is 5.41 Å². The second kappa shape index (κ2) is 6.85. The molecule has 1 heterocycles. The van der Waals surface area contributed by atoms with Gasteiger partial charge in [0, 0.05) is 6.54 Å². The number of hydrogen-bond donors (Lipinski definition) is 2. The Balaban J connectivity index is 2.01. The molecule has 0 bridgehead atoms. The van der Waals surface area contributed by atoms with Gasteiger partial charge in [-0.3, -0.25) is 14.6 Å². The van der Waals surface area contributed by atoms with E-state index in [9.17, 15) is 9.59 Å². The monoisotopic (exact) mass is 311 g/mol. The Morgan fingerprint density at radius 1 is 1.29 bits per heavy atom. The molecule has 7 heteroatoms. The molecule has 1 fully saturated rings. The lowest BCUT2D eigenvalue weighted by molar-refractivity contribution is -0.140. The zero-order valence-corrected chi connectivity index (χ0v) is 12.4. The first-order chi connectivity index (χ1) is 10.0. The quantitative estimate of drug-likeness (QED) is 0.870. The molecule has 0 radical (unpaired) electrons. The average molecular weight is 312 g/mol. The Morgan fingerprint density at radius 3 is 2.62 bits per heavy atom. The van der Waals surface area contributed by atoms with Gasteiger partial charge in [-0.1, -0.05) is 30.9 Å². The maximum atomic E-state index is 12.0. The zero-order valence-electron chi connectivity index (χ0n) is 11.6. The maximum Gasteiger partial charge on any atom is 0.303 e. The van der Waals surface area contributed by atoms with Crippen LogP contribution in [0.1, 0.15) is 49.0 Å². The molecule has 2 rings (SSSR count). The topological polar surface area (TPSA) is 92.2 Å². The Kier molecular flexibility index (Phi) is 5.12.